The molecule has 1 aliphatic carbocycles. The van der Waals surface area contributed by atoms with Gasteiger partial charge in [0.15, 0.2) is 0 Å². The number of aromatic nitrogens is 2. The molecular formula is C29H32ClN5O4. The minimum Gasteiger partial charge on any atom is -0.449 e. The van der Waals surface area contributed by atoms with Crippen molar-refractivity contribution in [2.45, 2.75) is 51.5 Å². The van der Waals surface area contributed by atoms with Crippen molar-refractivity contribution in [3.8, 4) is 0 Å². The third-order valence-electron chi connectivity index (χ3n) is 7.62. The van der Waals surface area contributed by atoms with Crippen molar-refractivity contribution in [1.29, 1.82) is 0 Å². The van der Waals surface area contributed by atoms with Crippen molar-refractivity contribution >= 4 is 40.4 Å². The maximum absolute atomic E-state index is 13.5. The molecule has 1 fully saturated rings. The molecule has 2 aliphatic rings. The van der Waals surface area contributed by atoms with Crippen LogP contribution >= 0.6 is 11.6 Å². The maximum atomic E-state index is 13.5. The lowest BCUT2D eigenvalue weighted by atomic mass is 9.82. The van der Waals surface area contributed by atoms with Gasteiger partial charge in [0.1, 0.15) is 5.69 Å². The van der Waals surface area contributed by atoms with Crippen LogP contribution in [0.2, 0.25) is 5.02 Å². The molecule has 3 amide bonds. The van der Waals surface area contributed by atoms with E-state index in [0.29, 0.717) is 48.8 Å². The van der Waals surface area contributed by atoms with E-state index < -0.39 is 5.91 Å². The van der Waals surface area contributed by atoms with Crippen LogP contribution in [0, 0.1) is 0 Å². The van der Waals surface area contributed by atoms with Crippen LogP contribution in [-0.2, 0) is 17.6 Å². The molecule has 39 heavy (non-hydrogen) atoms. The van der Waals surface area contributed by atoms with E-state index in [9.17, 15) is 14.4 Å². The number of nitrogens with zero attached hydrogens (tertiary/aromatic N) is 4. The van der Waals surface area contributed by atoms with E-state index >= 15 is 0 Å². The molecule has 2 unspecified atom stereocenters. The summed E-state index contributed by atoms with van der Waals surface area (Å²) in [7, 11) is 0. The lowest BCUT2D eigenvalue weighted by molar-refractivity contribution is 0.0414. The fraction of sp³-hybridized carbons (Fsp3) is 0.414. The quantitative estimate of drug-likeness (QED) is 0.505. The van der Waals surface area contributed by atoms with Gasteiger partial charge in [-0.2, -0.15) is 0 Å². The highest BCUT2D eigenvalue weighted by molar-refractivity contribution is 6.36. The van der Waals surface area contributed by atoms with E-state index in [1.54, 1.807) is 34.2 Å². The van der Waals surface area contributed by atoms with Crippen molar-refractivity contribution in [2.75, 3.05) is 26.2 Å². The molecule has 2 atom stereocenters. The number of amides is 3. The van der Waals surface area contributed by atoms with Gasteiger partial charge in [-0.15, -0.1) is 0 Å². The van der Waals surface area contributed by atoms with Crippen molar-refractivity contribution in [3.63, 3.8) is 0 Å². The highest BCUT2D eigenvalue weighted by Crippen LogP contribution is 2.38. The van der Waals surface area contributed by atoms with E-state index in [-0.39, 0.29) is 29.7 Å². The summed E-state index contributed by atoms with van der Waals surface area (Å²) in [6, 6.07) is 8.98. The first-order chi connectivity index (χ1) is 18.8. The number of primary amides is 1. The fourth-order valence-electron chi connectivity index (χ4n) is 5.51. The summed E-state index contributed by atoms with van der Waals surface area (Å²) in [4.78, 5) is 49.8. The number of rotatable bonds is 5. The van der Waals surface area contributed by atoms with Gasteiger partial charge in [-0.1, -0.05) is 24.6 Å². The van der Waals surface area contributed by atoms with Gasteiger partial charge in [-0.25, -0.2) is 4.79 Å². The maximum Gasteiger partial charge on any atom is 0.409 e. The summed E-state index contributed by atoms with van der Waals surface area (Å²) in [6.45, 7) is 5.56. The third kappa shape index (κ3) is 5.41. The molecule has 5 rings (SSSR count). The summed E-state index contributed by atoms with van der Waals surface area (Å²) >= 11 is 6.85. The molecule has 0 saturated carbocycles. The van der Waals surface area contributed by atoms with Crippen LogP contribution in [0.1, 0.15) is 70.3 Å². The first-order valence-electron chi connectivity index (χ1n) is 13.4. The smallest absolute Gasteiger partial charge is 0.409 e. The topological polar surface area (TPSA) is 119 Å². The van der Waals surface area contributed by atoms with Crippen molar-refractivity contribution in [1.82, 2.24) is 19.8 Å². The predicted molar refractivity (Wildman–Crippen MR) is 148 cm³/mol. The van der Waals surface area contributed by atoms with Crippen molar-refractivity contribution in [3.05, 3.63) is 69.6 Å². The van der Waals surface area contributed by atoms with E-state index in [0.717, 1.165) is 41.5 Å². The Kier molecular flexibility index (Phi) is 7.70. The number of hydrogen-bond donors (Lipinski definition) is 1. The predicted octanol–water partition coefficient (Wildman–Crippen LogP) is 4.35. The van der Waals surface area contributed by atoms with Gasteiger partial charge in [0.25, 0.3) is 11.8 Å². The van der Waals surface area contributed by atoms with Crippen LogP contribution in [-0.4, -0.2) is 70.0 Å². The number of nitrogens with two attached hydrogens (primary N) is 1. The van der Waals surface area contributed by atoms with Crippen LogP contribution < -0.4 is 5.73 Å². The van der Waals surface area contributed by atoms with E-state index in [2.05, 4.69) is 4.98 Å². The second kappa shape index (κ2) is 11.2. The highest BCUT2D eigenvalue weighted by atomic mass is 35.5. The summed E-state index contributed by atoms with van der Waals surface area (Å²) in [5.41, 5.74) is 9.81. The minimum atomic E-state index is -0.551. The molecule has 10 heteroatoms. The van der Waals surface area contributed by atoms with Crippen molar-refractivity contribution in [2.24, 2.45) is 5.73 Å². The third-order valence-corrected chi connectivity index (χ3v) is 8.05. The summed E-state index contributed by atoms with van der Waals surface area (Å²) in [5, 5.41) is 1.49. The molecule has 1 aromatic carbocycles. The van der Waals surface area contributed by atoms with Crippen molar-refractivity contribution < 1.29 is 19.1 Å². The molecule has 1 aliphatic heterocycles. The second-order valence-corrected chi connectivity index (χ2v) is 10.6. The van der Waals surface area contributed by atoms with Gasteiger partial charge >= 0.3 is 6.09 Å². The molecule has 2 N–H and O–H groups in total. The van der Waals surface area contributed by atoms with Crippen LogP contribution in [0.4, 0.5) is 4.79 Å². The second-order valence-electron chi connectivity index (χ2n) is 10.3. The van der Waals surface area contributed by atoms with Crippen LogP contribution in [0.15, 0.2) is 36.5 Å². The zero-order valence-corrected chi connectivity index (χ0v) is 22.9. The Bertz CT molecular complexity index is 1440. The minimum absolute atomic E-state index is 0.102. The van der Waals surface area contributed by atoms with Gasteiger partial charge in [0.05, 0.1) is 17.1 Å². The zero-order chi connectivity index (χ0) is 27.7. The summed E-state index contributed by atoms with van der Waals surface area (Å²) in [5.74, 6) is -0.495. The zero-order valence-electron chi connectivity index (χ0n) is 22.2. The molecule has 204 valence electrons. The molecule has 9 nitrogen and oxygen atoms in total. The number of hydrogen-bond acceptors (Lipinski definition) is 6. The highest BCUT2D eigenvalue weighted by Gasteiger charge is 2.31. The molecular weight excluding hydrogens is 518 g/mol. The molecule has 2 aromatic heterocycles. The number of piperazine rings is 1. The largest absolute Gasteiger partial charge is 0.449 e. The lowest BCUT2D eigenvalue weighted by Gasteiger charge is -2.39. The van der Waals surface area contributed by atoms with Gasteiger partial charge in [0, 0.05) is 48.5 Å². The first kappa shape index (κ1) is 26.9. The van der Waals surface area contributed by atoms with E-state index in [1.165, 1.54) is 0 Å². The first-order valence-corrected chi connectivity index (χ1v) is 13.7. The number of carbonyl (C=O) groups is 3. The van der Waals surface area contributed by atoms with Crippen LogP contribution in [0.3, 0.4) is 0 Å². The van der Waals surface area contributed by atoms with Crippen LogP contribution in [0.25, 0.3) is 10.9 Å². The Morgan fingerprint density at radius 3 is 2.74 bits per heavy atom. The monoisotopic (exact) mass is 549 g/mol. The Labute approximate surface area is 232 Å². The van der Waals surface area contributed by atoms with E-state index in [4.69, 9.17) is 27.1 Å². The standard InChI is InChI=1S/C29H32ClN5O4/c1-3-12-39-29(38)34-10-11-35(17(2)16-34)28(37)20-5-7-22-24(15-20)33-23-13-18(4-6-21(23)26(22)30)19-8-9-32-25(14-19)27(31)36/h5,7-9,14-15,17-18H,3-4,6,10-13,16H2,1-2H3,(H2,31,36). The Hall–Kier alpha value is -3.72. The van der Waals surface area contributed by atoms with Crippen LogP contribution in [0.5, 0.6) is 0 Å². The van der Waals surface area contributed by atoms with E-state index in [1.807, 2.05) is 26.0 Å². The summed E-state index contributed by atoms with van der Waals surface area (Å²) in [6.07, 6.45) is 4.34. The number of fused-ring (bicyclic) bond motifs is 2. The average Bonchev–Trinajstić information content (AvgIpc) is 2.95. The summed E-state index contributed by atoms with van der Waals surface area (Å²) < 4.78 is 5.26. The average molecular weight is 550 g/mol. The number of benzene rings is 1. The van der Waals surface area contributed by atoms with Gasteiger partial charge in [-0.05, 0) is 73.9 Å². The van der Waals surface area contributed by atoms with Gasteiger partial charge in [-0.3, -0.25) is 19.6 Å². The van der Waals surface area contributed by atoms with Gasteiger partial charge < -0.3 is 20.3 Å². The number of halogens is 1. The normalized spacial score (nSPS) is 19.1. The van der Waals surface area contributed by atoms with Gasteiger partial charge in [0.2, 0.25) is 0 Å². The molecule has 0 bridgehead atoms. The Balaban J connectivity index is 1.36. The lowest BCUT2D eigenvalue weighted by Crippen LogP contribution is -2.55. The Morgan fingerprint density at radius 1 is 1.18 bits per heavy atom. The fourth-order valence-corrected chi connectivity index (χ4v) is 5.88. The number of ether oxygens (including phenoxy) is 1. The molecule has 3 heterocycles. The number of pyridine rings is 2. The Morgan fingerprint density at radius 2 is 2.00 bits per heavy atom. The molecule has 1 saturated heterocycles. The molecule has 3 aromatic rings. The number of carbonyl (C=O) groups excluding carboxylic acids is 3. The molecule has 0 spiro atoms. The molecule has 0 radical (unpaired) electrons. The SMILES string of the molecule is CCCOC(=O)N1CCN(C(=O)c2ccc3c(Cl)c4c(nc3c2)CC(c2ccnc(C(N)=O)c2)CC4)C(C)C1.